The van der Waals surface area contributed by atoms with Crippen LogP contribution in [0.2, 0.25) is 0 Å². The van der Waals surface area contributed by atoms with E-state index in [1.165, 1.54) is 26.4 Å². The van der Waals surface area contributed by atoms with Gasteiger partial charge in [-0.2, -0.15) is 0 Å². The molecule has 1 saturated carbocycles. The zero-order chi connectivity index (χ0) is 25.2. The van der Waals surface area contributed by atoms with Gasteiger partial charge in [0, 0.05) is 38.3 Å². The van der Waals surface area contributed by atoms with Gasteiger partial charge < -0.3 is 28.9 Å². The number of nitrogens with zero attached hydrogens (tertiary/aromatic N) is 6. The van der Waals surface area contributed by atoms with Gasteiger partial charge in [0.1, 0.15) is 12.7 Å². The molecule has 4 aliphatic rings. The van der Waals surface area contributed by atoms with Crippen LogP contribution in [0.4, 0.5) is 11.4 Å². The average molecular weight is 509 g/mol. The van der Waals surface area contributed by atoms with Crippen molar-refractivity contribution in [3.05, 3.63) is 30.7 Å². The number of morpholine rings is 1. The first-order valence-electron chi connectivity index (χ1n) is 13.5. The van der Waals surface area contributed by atoms with Crippen molar-refractivity contribution in [3.8, 4) is 11.9 Å². The van der Waals surface area contributed by atoms with E-state index >= 15 is 0 Å². The summed E-state index contributed by atoms with van der Waals surface area (Å²) < 4.78 is 17.4. The predicted octanol–water partition coefficient (Wildman–Crippen LogP) is 2.68. The number of pyridine rings is 1. The molecule has 10 heteroatoms. The number of rotatable bonds is 6. The van der Waals surface area contributed by atoms with Gasteiger partial charge in [-0.05, 0) is 44.6 Å². The zero-order valence-electron chi connectivity index (χ0n) is 21.6. The molecule has 1 amide bonds. The summed E-state index contributed by atoms with van der Waals surface area (Å²) >= 11 is 0. The van der Waals surface area contributed by atoms with E-state index in [4.69, 9.17) is 14.2 Å². The number of carbonyl (C=O) groups excluding carboxylic acids is 1. The van der Waals surface area contributed by atoms with Crippen LogP contribution >= 0.6 is 0 Å². The van der Waals surface area contributed by atoms with Gasteiger partial charge in [0.2, 0.25) is 5.88 Å². The van der Waals surface area contributed by atoms with Crippen LogP contribution in [0, 0.1) is 0 Å². The number of amides is 1. The fourth-order valence-corrected chi connectivity index (χ4v) is 5.89. The molecule has 1 spiro atoms. The summed E-state index contributed by atoms with van der Waals surface area (Å²) in [6.07, 6.45) is 13.4. The van der Waals surface area contributed by atoms with E-state index in [0.29, 0.717) is 18.1 Å². The number of hydrogen-bond acceptors (Lipinski definition) is 9. The van der Waals surface area contributed by atoms with E-state index in [9.17, 15) is 4.79 Å². The Morgan fingerprint density at radius 1 is 0.946 bits per heavy atom. The highest BCUT2D eigenvalue weighted by molar-refractivity contribution is 5.94. The Bertz CT molecular complexity index is 1060. The maximum absolute atomic E-state index is 12.6. The second-order valence-corrected chi connectivity index (χ2v) is 10.7. The third-order valence-electron chi connectivity index (χ3n) is 8.47. The maximum atomic E-state index is 12.6. The van der Waals surface area contributed by atoms with Gasteiger partial charge in [0.25, 0.3) is 5.91 Å². The molecule has 2 aromatic heterocycles. The Hall–Kier alpha value is -2.98. The summed E-state index contributed by atoms with van der Waals surface area (Å²) in [5.41, 5.74) is 1.40. The second-order valence-electron chi connectivity index (χ2n) is 10.7. The van der Waals surface area contributed by atoms with Gasteiger partial charge in [0.15, 0.2) is 0 Å². The number of aromatic nitrogens is 3. The molecule has 5 heterocycles. The highest BCUT2D eigenvalue weighted by atomic mass is 16.5. The van der Waals surface area contributed by atoms with Crippen LogP contribution in [0.5, 0.6) is 11.9 Å². The van der Waals surface area contributed by atoms with E-state index in [0.717, 1.165) is 63.6 Å². The summed E-state index contributed by atoms with van der Waals surface area (Å²) in [5.74, 6) is 0.640. The first kappa shape index (κ1) is 24.4. The molecule has 0 radical (unpaired) electrons. The Kier molecular flexibility index (Phi) is 6.86. The van der Waals surface area contributed by atoms with Crippen molar-refractivity contribution >= 4 is 17.3 Å². The maximum Gasteiger partial charge on any atom is 0.316 e. The van der Waals surface area contributed by atoms with Crippen LogP contribution in [-0.4, -0.2) is 89.9 Å². The molecule has 0 aromatic carbocycles. The highest BCUT2D eigenvalue weighted by Gasteiger charge is 2.43. The standard InChI is InChI=1S/C27H36N6O4/c1-35-26-29-16-22(17-30-26)33-19-27(36-18-25(33)34)9-13-32(14-10-27)21-5-6-24(28-15-21)37-23-7-11-31(12-8-23)20-3-2-4-20/h5-6,15-17,20,23H,2-4,7-14,18-19H2,1H3. The SMILES string of the molecule is COc1ncc(N2CC3(CCN(c4ccc(OC5CCN(C6CCC6)CC5)nc4)CC3)OCC2=O)cn1. The third kappa shape index (κ3) is 5.22. The summed E-state index contributed by atoms with van der Waals surface area (Å²) in [4.78, 5) is 32.2. The molecular formula is C27H36N6O4. The van der Waals surface area contributed by atoms with Crippen molar-refractivity contribution in [1.82, 2.24) is 19.9 Å². The molecule has 3 saturated heterocycles. The first-order valence-corrected chi connectivity index (χ1v) is 13.5. The monoisotopic (exact) mass is 508 g/mol. The minimum atomic E-state index is -0.366. The van der Waals surface area contributed by atoms with E-state index in [-0.39, 0.29) is 30.2 Å². The van der Waals surface area contributed by atoms with Crippen molar-refractivity contribution in [2.24, 2.45) is 0 Å². The van der Waals surface area contributed by atoms with Gasteiger partial charge in [-0.3, -0.25) is 4.79 Å². The topological polar surface area (TPSA) is 93.1 Å². The van der Waals surface area contributed by atoms with Gasteiger partial charge in [-0.25, -0.2) is 15.0 Å². The van der Waals surface area contributed by atoms with Crippen LogP contribution in [0.3, 0.4) is 0 Å². The van der Waals surface area contributed by atoms with Crippen LogP contribution in [0.1, 0.15) is 44.9 Å². The lowest BCUT2D eigenvalue weighted by Crippen LogP contribution is -2.59. The van der Waals surface area contributed by atoms with E-state index < -0.39 is 0 Å². The lowest BCUT2D eigenvalue weighted by Gasteiger charge is -2.47. The Morgan fingerprint density at radius 3 is 2.30 bits per heavy atom. The number of hydrogen-bond donors (Lipinski definition) is 0. The van der Waals surface area contributed by atoms with Crippen molar-refractivity contribution in [1.29, 1.82) is 0 Å². The number of anilines is 2. The minimum absolute atomic E-state index is 0.0687. The van der Waals surface area contributed by atoms with Crippen molar-refractivity contribution < 1.29 is 19.0 Å². The molecular weight excluding hydrogens is 472 g/mol. The predicted molar refractivity (Wildman–Crippen MR) is 138 cm³/mol. The summed E-state index contributed by atoms with van der Waals surface area (Å²) in [5, 5.41) is 0. The first-order chi connectivity index (χ1) is 18.1. The lowest BCUT2D eigenvalue weighted by molar-refractivity contribution is -0.141. The van der Waals surface area contributed by atoms with Crippen molar-refractivity contribution in [2.45, 2.75) is 62.7 Å². The quantitative estimate of drug-likeness (QED) is 0.584. The normalized spacial score (nSPS) is 23.2. The van der Waals surface area contributed by atoms with Crippen molar-refractivity contribution in [2.75, 3.05) is 56.2 Å². The van der Waals surface area contributed by atoms with Crippen LogP contribution < -0.4 is 19.3 Å². The molecule has 0 N–H and O–H groups in total. The molecule has 198 valence electrons. The molecule has 2 aromatic rings. The average Bonchev–Trinajstić information content (AvgIpc) is 2.91. The van der Waals surface area contributed by atoms with Crippen LogP contribution in [-0.2, 0) is 9.53 Å². The van der Waals surface area contributed by atoms with Crippen LogP contribution in [0.25, 0.3) is 0 Å². The van der Waals surface area contributed by atoms with E-state index in [2.05, 4.69) is 30.8 Å². The summed E-state index contributed by atoms with van der Waals surface area (Å²) in [6, 6.07) is 5.21. The molecule has 0 unspecified atom stereocenters. The van der Waals surface area contributed by atoms with Gasteiger partial charge in [0.05, 0.1) is 49.2 Å². The zero-order valence-corrected chi connectivity index (χ0v) is 21.6. The lowest BCUT2D eigenvalue weighted by atomic mass is 9.89. The Morgan fingerprint density at radius 2 is 1.68 bits per heavy atom. The number of piperidine rings is 2. The van der Waals surface area contributed by atoms with Gasteiger partial charge in [-0.1, -0.05) is 6.42 Å². The third-order valence-corrected chi connectivity index (χ3v) is 8.47. The van der Waals surface area contributed by atoms with E-state index in [1.807, 2.05) is 12.3 Å². The Labute approximate surface area is 217 Å². The molecule has 4 fully saturated rings. The molecule has 37 heavy (non-hydrogen) atoms. The number of methoxy groups -OCH3 is 1. The molecule has 10 nitrogen and oxygen atoms in total. The smallest absolute Gasteiger partial charge is 0.316 e. The minimum Gasteiger partial charge on any atom is -0.474 e. The largest absolute Gasteiger partial charge is 0.474 e. The summed E-state index contributed by atoms with van der Waals surface area (Å²) in [6.45, 7) is 4.52. The van der Waals surface area contributed by atoms with Crippen LogP contribution in [0.15, 0.2) is 30.7 Å². The fourth-order valence-electron chi connectivity index (χ4n) is 5.89. The number of ether oxygens (including phenoxy) is 3. The van der Waals surface area contributed by atoms with Gasteiger partial charge >= 0.3 is 6.01 Å². The van der Waals surface area contributed by atoms with Crippen molar-refractivity contribution in [3.63, 3.8) is 0 Å². The molecule has 0 atom stereocenters. The number of carbonyl (C=O) groups is 1. The molecule has 0 bridgehead atoms. The molecule has 3 aliphatic heterocycles. The molecule has 6 rings (SSSR count). The fraction of sp³-hybridized carbons (Fsp3) is 0.630. The highest BCUT2D eigenvalue weighted by Crippen LogP contribution is 2.34. The number of likely N-dealkylation sites (tertiary alicyclic amines) is 1. The Balaban J connectivity index is 1.01. The van der Waals surface area contributed by atoms with Gasteiger partial charge in [-0.15, -0.1) is 0 Å². The van der Waals surface area contributed by atoms with E-state index in [1.54, 1.807) is 17.3 Å². The summed E-state index contributed by atoms with van der Waals surface area (Å²) in [7, 11) is 1.52. The second kappa shape index (κ2) is 10.4. The molecule has 1 aliphatic carbocycles.